The van der Waals surface area contributed by atoms with Crippen LogP contribution in [0, 0.1) is 0 Å². The van der Waals surface area contributed by atoms with Gasteiger partial charge in [-0.15, -0.1) is 0 Å². The Morgan fingerprint density at radius 3 is 2.80 bits per heavy atom. The summed E-state index contributed by atoms with van der Waals surface area (Å²) in [5, 5.41) is 15.2. The first-order valence-corrected chi connectivity index (χ1v) is 6.55. The molecule has 0 saturated carbocycles. The molecular weight excluding hydrogens is 263 g/mol. The molecule has 1 heterocycles. The fourth-order valence-corrected chi connectivity index (χ4v) is 2.15. The van der Waals surface area contributed by atoms with Gasteiger partial charge >= 0.3 is 0 Å². The molecule has 20 heavy (non-hydrogen) atoms. The molecule has 6 heteroatoms. The van der Waals surface area contributed by atoms with E-state index < -0.39 is 17.7 Å². The molecule has 0 aromatic heterocycles. The predicted molar refractivity (Wildman–Crippen MR) is 72.3 cm³/mol. The number of amides is 1. The first kappa shape index (κ1) is 14.7. The van der Waals surface area contributed by atoms with E-state index in [-0.39, 0.29) is 19.5 Å². The number of halogens is 1. The number of alkyl halides is 1. The van der Waals surface area contributed by atoms with Crippen molar-refractivity contribution in [2.75, 3.05) is 26.7 Å². The zero-order valence-corrected chi connectivity index (χ0v) is 11.4. The summed E-state index contributed by atoms with van der Waals surface area (Å²) in [4.78, 5) is 11.7. The Labute approximate surface area is 117 Å². The normalized spacial score (nSPS) is 23.4. The van der Waals surface area contributed by atoms with Gasteiger partial charge in [0, 0.05) is 19.5 Å². The summed E-state index contributed by atoms with van der Waals surface area (Å²) >= 11 is 0. The molecule has 0 bridgehead atoms. The maximum absolute atomic E-state index is 14.1. The first-order chi connectivity index (χ1) is 9.55. The molecular formula is C14H19FN2O3. The van der Waals surface area contributed by atoms with Crippen molar-refractivity contribution >= 4 is 5.91 Å². The summed E-state index contributed by atoms with van der Waals surface area (Å²) in [7, 11) is 1.56. The fraction of sp³-hybridized carbons (Fsp3) is 0.500. The Kier molecular flexibility index (Phi) is 4.57. The molecule has 1 fully saturated rings. The van der Waals surface area contributed by atoms with E-state index in [2.05, 4.69) is 10.6 Å². The first-order valence-electron chi connectivity index (χ1n) is 6.55. The van der Waals surface area contributed by atoms with Gasteiger partial charge in [-0.2, -0.15) is 0 Å². The van der Waals surface area contributed by atoms with Crippen molar-refractivity contribution in [3.05, 3.63) is 29.8 Å². The van der Waals surface area contributed by atoms with Crippen molar-refractivity contribution in [3.63, 3.8) is 0 Å². The number of hydrogen-bond donors (Lipinski definition) is 3. The van der Waals surface area contributed by atoms with Crippen LogP contribution in [-0.4, -0.2) is 43.4 Å². The highest BCUT2D eigenvalue weighted by molar-refractivity contribution is 5.85. The lowest BCUT2D eigenvalue weighted by molar-refractivity contribution is -0.132. The minimum absolute atomic E-state index is 0.0170. The number of benzene rings is 1. The minimum Gasteiger partial charge on any atom is -0.497 e. The zero-order chi connectivity index (χ0) is 14.6. The summed E-state index contributed by atoms with van der Waals surface area (Å²) in [6.45, 7) is 0.499. The molecule has 0 spiro atoms. The van der Waals surface area contributed by atoms with Crippen molar-refractivity contribution in [3.8, 4) is 5.75 Å². The highest BCUT2D eigenvalue weighted by atomic mass is 19.1. The van der Waals surface area contributed by atoms with Gasteiger partial charge in [0.2, 0.25) is 5.67 Å². The molecule has 1 aromatic carbocycles. The molecule has 2 unspecified atom stereocenters. The van der Waals surface area contributed by atoms with Crippen LogP contribution in [0.2, 0.25) is 0 Å². The standard InChI is InChI=1S/C14H19FN2O3/c1-20-11-4-2-10(3-5-11)12(18)8-17-13(19)14(15)6-7-16-9-14/h2-5,12,16,18H,6-9H2,1H3,(H,17,19). The van der Waals surface area contributed by atoms with Gasteiger partial charge in [0.15, 0.2) is 0 Å². The second kappa shape index (κ2) is 6.19. The lowest BCUT2D eigenvalue weighted by atomic mass is 10.0. The third-order valence-corrected chi connectivity index (χ3v) is 3.47. The number of aliphatic hydroxyl groups is 1. The van der Waals surface area contributed by atoms with E-state index >= 15 is 0 Å². The van der Waals surface area contributed by atoms with Crippen LogP contribution in [-0.2, 0) is 4.79 Å². The number of methoxy groups -OCH3 is 1. The van der Waals surface area contributed by atoms with Crippen LogP contribution in [0.1, 0.15) is 18.1 Å². The number of carbonyl (C=O) groups excluding carboxylic acids is 1. The van der Waals surface area contributed by atoms with Gasteiger partial charge in [-0.05, 0) is 24.2 Å². The van der Waals surface area contributed by atoms with Crippen molar-refractivity contribution in [1.82, 2.24) is 10.6 Å². The predicted octanol–water partition coefficient (Wildman–Crippen LogP) is 0.546. The van der Waals surface area contributed by atoms with Crippen LogP contribution in [0.25, 0.3) is 0 Å². The topological polar surface area (TPSA) is 70.6 Å². The monoisotopic (exact) mass is 282 g/mol. The number of carbonyl (C=O) groups is 1. The highest BCUT2D eigenvalue weighted by Crippen LogP contribution is 2.21. The van der Waals surface area contributed by atoms with Crippen molar-refractivity contribution in [1.29, 1.82) is 0 Å². The number of rotatable bonds is 5. The molecule has 0 radical (unpaired) electrons. The molecule has 110 valence electrons. The van der Waals surface area contributed by atoms with E-state index in [1.54, 1.807) is 31.4 Å². The maximum Gasteiger partial charge on any atom is 0.259 e. The van der Waals surface area contributed by atoms with E-state index in [1.165, 1.54) is 0 Å². The SMILES string of the molecule is COc1ccc(C(O)CNC(=O)C2(F)CCNC2)cc1. The Bertz CT molecular complexity index is 458. The summed E-state index contributed by atoms with van der Waals surface area (Å²) in [5.74, 6) is 0.0137. The van der Waals surface area contributed by atoms with Gasteiger partial charge < -0.3 is 20.5 Å². The van der Waals surface area contributed by atoms with Gasteiger partial charge in [-0.25, -0.2) is 4.39 Å². The van der Waals surface area contributed by atoms with E-state index in [1.807, 2.05) is 0 Å². The van der Waals surface area contributed by atoms with Crippen LogP contribution in [0.5, 0.6) is 5.75 Å². The van der Waals surface area contributed by atoms with Gasteiger partial charge in [0.25, 0.3) is 5.91 Å². The molecule has 3 N–H and O–H groups in total. The van der Waals surface area contributed by atoms with Crippen molar-refractivity contribution in [2.45, 2.75) is 18.2 Å². The number of nitrogens with one attached hydrogen (secondary N) is 2. The van der Waals surface area contributed by atoms with E-state index in [0.29, 0.717) is 17.9 Å². The lowest BCUT2D eigenvalue weighted by Gasteiger charge is -2.19. The average Bonchev–Trinajstić information content (AvgIpc) is 2.92. The largest absolute Gasteiger partial charge is 0.497 e. The second-order valence-electron chi connectivity index (χ2n) is 4.89. The van der Waals surface area contributed by atoms with Gasteiger partial charge in [0.05, 0.1) is 13.2 Å². The molecule has 5 nitrogen and oxygen atoms in total. The highest BCUT2D eigenvalue weighted by Gasteiger charge is 2.41. The Morgan fingerprint density at radius 1 is 1.55 bits per heavy atom. The summed E-state index contributed by atoms with van der Waals surface area (Å²) < 4.78 is 19.1. The molecule has 1 aromatic rings. The smallest absolute Gasteiger partial charge is 0.259 e. The molecule has 1 aliphatic heterocycles. The van der Waals surface area contributed by atoms with Gasteiger partial charge in [0.1, 0.15) is 5.75 Å². The molecule has 0 aliphatic carbocycles. The van der Waals surface area contributed by atoms with Crippen LogP contribution in [0.4, 0.5) is 4.39 Å². The van der Waals surface area contributed by atoms with Gasteiger partial charge in [-0.3, -0.25) is 4.79 Å². The number of ether oxygens (including phenoxy) is 1. The quantitative estimate of drug-likeness (QED) is 0.737. The second-order valence-corrected chi connectivity index (χ2v) is 4.89. The molecule has 1 amide bonds. The molecule has 1 aliphatic rings. The molecule has 2 atom stereocenters. The summed E-state index contributed by atoms with van der Waals surface area (Å²) in [6.07, 6.45) is -0.708. The summed E-state index contributed by atoms with van der Waals surface area (Å²) in [6, 6.07) is 6.85. The van der Waals surface area contributed by atoms with E-state index in [4.69, 9.17) is 4.74 Å². The maximum atomic E-state index is 14.1. The third-order valence-electron chi connectivity index (χ3n) is 3.47. The Morgan fingerprint density at radius 2 is 2.25 bits per heavy atom. The lowest BCUT2D eigenvalue weighted by Crippen LogP contribution is -2.46. The van der Waals surface area contributed by atoms with Crippen molar-refractivity contribution < 1.29 is 19.0 Å². The van der Waals surface area contributed by atoms with Crippen LogP contribution >= 0.6 is 0 Å². The summed E-state index contributed by atoms with van der Waals surface area (Å²) in [5.41, 5.74) is -1.22. The number of hydrogen-bond acceptors (Lipinski definition) is 4. The van der Waals surface area contributed by atoms with Crippen molar-refractivity contribution in [2.24, 2.45) is 0 Å². The van der Waals surface area contributed by atoms with Crippen LogP contribution in [0.15, 0.2) is 24.3 Å². The minimum atomic E-state index is -1.86. The molecule has 1 saturated heterocycles. The Balaban J connectivity index is 1.87. The van der Waals surface area contributed by atoms with Crippen LogP contribution in [0.3, 0.4) is 0 Å². The van der Waals surface area contributed by atoms with Gasteiger partial charge in [-0.1, -0.05) is 12.1 Å². The molecule has 2 rings (SSSR count). The van der Waals surface area contributed by atoms with E-state index in [9.17, 15) is 14.3 Å². The van der Waals surface area contributed by atoms with Crippen LogP contribution < -0.4 is 15.4 Å². The van der Waals surface area contributed by atoms with E-state index in [0.717, 1.165) is 0 Å². The zero-order valence-electron chi connectivity index (χ0n) is 11.4. The fourth-order valence-electron chi connectivity index (χ4n) is 2.15. The Hall–Kier alpha value is -1.66. The third kappa shape index (κ3) is 3.26. The average molecular weight is 282 g/mol. The number of aliphatic hydroxyl groups excluding tert-OH is 1.